The Morgan fingerprint density at radius 2 is 2.10 bits per heavy atom. The zero-order valence-corrected chi connectivity index (χ0v) is 11.0. The number of nitrogens with one attached hydrogen (secondary N) is 3. The van der Waals surface area contributed by atoms with E-state index < -0.39 is 12.0 Å². The molecule has 0 aliphatic rings. The van der Waals surface area contributed by atoms with Crippen LogP contribution in [0.2, 0.25) is 0 Å². The number of rotatable bonds is 6. The van der Waals surface area contributed by atoms with Gasteiger partial charge in [0.2, 0.25) is 0 Å². The van der Waals surface area contributed by atoms with Crippen molar-refractivity contribution < 1.29 is 14.7 Å². The summed E-state index contributed by atoms with van der Waals surface area (Å²) >= 11 is 0. The maximum absolute atomic E-state index is 11.8. The van der Waals surface area contributed by atoms with E-state index >= 15 is 0 Å². The molecule has 0 aliphatic carbocycles. The lowest BCUT2D eigenvalue weighted by Crippen LogP contribution is -2.29. The van der Waals surface area contributed by atoms with Gasteiger partial charge < -0.3 is 15.7 Å². The van der Waals surface area contributed by atoms with Crippen molar-refractivity contribution in [1.29, 1.82) is 0 Å². The topological polar surface area (TPSA) is 133 Å². The molecule has 0 saturated heterocycles. The first kappa shape index (κ1) is 14.4. The van der Waals surface area contributed by atoms with Gasteiger partial charge >= 0.3 is 12.0 Å². The van der Waals surface area contributed by atoms with Crippen molar-refractivity contribution in [3.63, 3.8) is 0 Å². The Labute approximate surface area is 119 Å². The molecular weight excluding hydrogens is 276 g/mol. The lowest BCUT2D eigenvalue weighted by molar-refractivity contribution is -0.136. The van der Waals surface area contributed by atoms with Crippen molar-refractivity contribution in [2.24, 2.45) is 0 Å². The van der Waals surface area contributed by atoms with Crippen LogP contribution in [0.3, 0.4) is 0 Å². The maximum Gasteiger partial charge on any atom is 0.319 e. The number of urea groups is 1. The molecule has 0 unspecified atom stereocenters. The summed E-state index contributed by atoms with van der Waals surface area (Å²) in [6.07, 6.45) is 0.347. The average Bonchev–Trinajstić information content (AvgIpc) is 2.97. The van der Waals surface area contributed by atoms with Crippen molar-refractivity contribution in [1.82, 2.24) is 25.9 Å². The molecule has 1 aromatic carbocycles. The largest absolute Gasteiger partial charge is 0.481 e. The highest BCUT2D eigenvalue weighted by Crippen LogP contribution is 2.16. The fourth-order valence-electron chi connectivity index (χ4n) is 1.69. The lowest BCUT2D eigenvalue weighted by Gasteiger charge is -2.10. The SMILES string of the molecule is O=C(O)CCc1ccccc1NC(=O)NCc1nn[nH]n1. The van der Waals surface area contributed by atoms with E-state index in [1.807, 2.05) is 0 Å². The number of amides is 2. The van der Waals surface area contributed by atoms with Gasteiger partial charge in [-0.25, -0.2) is 4.79 Å². The molecule has 2 aromatic rings. The predicted molar refractivity (Wildman–Crippen MR) is 72.4 cm³/mol. The summed E-state index contributed by atoms with van der Waals surface area (Å²) < 4.78 is 0. The van der Waals surface area contributed by atoms with Gasteiger partial charge in [0.1, 0.15) is 0 Å². The maximum atomic E-state index is 11.8. The number of carboxylic acids is 1. The molecule has 9 heteroatoms. The van der Waals surface area contributed by atoms with Gasteiger partial charge in [0, 0.05) is 12.1 Å². The molecule has 1 aromatic heterocycles. The van der Waals surface area contributed by atoms with E-state index in [-0.39, 0.29) is 13.0 Å². The lowest BCUT2D eigenvalue weighted by atomic mass is 10.1. The molecule has 2 rings (SSSR count). The second-order valence-electron chi connectivity index (χ2n) is 4.19. The number of hydrogen-bond donors (Lipinski definition) is 4. The highest BCUT2D eigenvalue weighted by molar-refractivity contribution is 5.90. The first-order valence-electron chi connectivity index (χ1n) is 6.22. The summed E-state index contributed by atoms with van der Waals surface area (Å²) in [5, 5.41) is 27.0. The molecular formula is C12H14N6O3. The minimum absolute atomic E-state index is 0.00315. The molecule has 0 bridgehead atoms. The van der Waals surface area contributed by atoms with Crippen molar-refractivity contribution in [3.05, 3.63) is 35.7 Å². The van der Waals surface area contributed by atoms with E-state index in [1.165, 1.54) is 0 Å². The first-order valence-corrected chi connectivity index (χ1v) is 6.22. The summed E-state index contributed by atoms with van der Waals surface area (Å²) in [6, 6.07) is 6.61. The van der Waals surface area contributed by atoms with Gasteiger partial charge in [-0.3, -0.25) is 4.79 Å². The highest BCUT2D eigenvalue weighted by Gasteiger charge is 2.08. The number of carbonyl (C=O) groups is 2. The van der Waals surface area contributed by atoms with Gasteiger partial charge in [-0.05, 0) is 18.1 Å². The van der Waals surface area contributed by atoms with Crippen LogP contribution in [-0.2, 0) is 17.8 Å². The summed E-state index contributed by atoms with van der Waals surface area (Å²) in [4.78, 5) is 22.4. The Balaban J connectivity index is 1.92. The summed E-state index contributed by atoms with van der Waals surface area (Å²) in [5.41, 5.74) is 1.33. The number of H-pyrrole nitrogens is 1. The Morgan fingerprint density at radius 3 is 2.81 bits per heavy atom. The van der Waals surface area contributed by atoms with Crippen LogP contribution in [0.25, 0.3) is 0 Å². The monoisotopic (exact) mass is 290 g/mol. The van der Waals surface area contributed by atoms with E-state index in [4.69, 9.17) is 5.11 Å². The summed E-state index contributed by atoms with van der Waals surface area (Å²) in [5.74, 6) is -0.518. The van der Waals surface area contributed by atoms with Crippen LogP contribution in [-0.4, -0.2) is 37.7 Å². The second-order valence-corrected chi connectivity index (χ2v) is 4.19. The van der Waals surface area contributed by atoms with E-state index in [0.717, 1.165) is 5.56 Å². The van der Waals surface area contributed by atoms with Crippen LogP contribution in [0.4, 0.5) is 10.5 Å². The molecule has 0 aliphatic heterocycles. The number of aryl methyl sites for hydroxylation is 1. The van der Waals surface area contributed by atoms with Crippen LogP contribution in [0, 0.1) is 0 Å². The summed E-state index contributed by atoms with van der Waals surface area (Å²) in [6.45, 7) is 0.139. The average molecular weight is 290 g/mol. The van der Waals surface area contributed by atoms with Crippen molar-refractivity contribution in [2.45, 2.75) is 19.4 Å². The van der Waals surface area contributed by atoms with Gasteiger partial charge in [0.25, 0.3) is 0 Å². The number of benzene rings is 1. The minimum atomic E-state index is -0.883. The third kappa shape index (κ3) is 4.56. The molecule has 9 nitrogen and oxygen atoms in total. The van der Waals surface area contributed by atoms with Crippen LogP contribution in [0.15, 0.2) is 24.3 Å². The Bertz CT molecular complexity index is 613. The highest BCUT2D eigenvalue weighted by atomic mass is 16.4. The van der Waals surface area contributed by atoms with Crippen LogP contribution in [0.5, 0.6) is 0 Å². The van der Waals surface area contributed by atoms with E-state index in [9.17, 15) is 9.59 Å². The zero-order valence-electron chi connectivity index (χ0n) is 11.0. The van der Waals surface area contributed by atoms with Crippen LogP contribution in [0.1, 0.15) is 17.8 Å². The molecule has 0 radical (unpaired) electrons. The quantitative estimate of drug-likeness (QED) is 0.613. The number of carbonyl (C=O) groups excluding carboxylic acids is 1. The molecule has 4 N–H and O–H groups in total. The third-order valence-electron chi connectivity index (χ3n) is 2.67. The molecule has 0 saturated carbocycles. The van der Waals surface area contributed by atoms with E-state index in [0.29, 0.717) is 17.9 Å². The van der Waals surface area contributed by atoms with Crippen LogP contribution >= 0.6 is 0 Å². The number of aromatic amines is 1. The van der Waals surface area contributed by atoms with E-state index in [1.54, 1.807) is 24.3 Å². The van der Waals surface area contributed by atoms with E-state index in [2.05, 4.69) is 31.3 Å². The van der Waals surface area contributed by atoms with Crippen molar-refractivity contribution >= 4 is 17.7 Å². The molecule has 0 atom stereocenters. The Kier molecular flexibility index (Phi) is 4.80. The number of para-hydroxylation sites is 1. The molecule has 1 heterocycles. The van der Waals surface area contributed by atoms with Gasteiger partial charge in [0.15, 0.2) is 5.82 Å². The normalized spacial score (nSPS) is 10.1. The smallest absolute Gasteiger partial charge is 0.319 e. The second kappa shape index (κ2) is 6.98. The fourth-order valence-corrected chi connectivity index (χ4v) is 1.69. The fraction of sp³-hybridized carbons (Fsp3) is 0.250. The third-order valence-corrected chi connectivity index (χ3v) is 2.67. The van der Waals surface area contributed by atoms with Gasteiger partial charge in [-0.1, -0.05) is 23.4 Å². The van der Waals surface area contributed by atoms with Gasteiger partial charge in [-0.15, -0.1) is 10.2 Å². The number of nitrogens with zero attached hydrogens (tertiary/aromatic N) is 3. The molecule has 110 valence electrons. The predicted octanol–water partition coefficient (Wildman–Crippen LogP) is 0.539. The number of carboxylic acid groups (broad SMARTS) is 1. The number of aromatic nitrogens is 4. The standard InChI is InChI=1S/C12H14N6O3/c19-11(20)6-5-8-3-1-2-4-9(8)14-12(21)13-7-10-15-17-18-16-10/h1-4H,5-7H2,(H,19,20)(H2,13,14,21)(H,15,16,17,18). The molecule has 0 fully saturated rings. The number of tetrazole rings is 1. The molecule has 21 heavy (non-hydrogen) atoms. The zero-order chi connectivity index (χ0) is 15.1. The first-order chi connectivity index (χ1) is 10.1. The van der Waals surface area contributed by atoms with Crippen LogP contribution < -0.4 is 10.6 Å². The Hall–Kier alpha value is -2.97. The number of aliphatic carboxylic acids is 1. The summed E-state index contributed by atoms with van der Waals surface area (Å²) in [7, 11) is 0. The number of hydrogen-bond acceptors (Lipinski definition) is 5. The van der Waals surface area contributed by atoms with Gasteiger partial charge in [0.05, 0.1) is 6.54 Å². The van der Waals surface area contributed by atoms with Gasteiger partial charge in [-0.2, -0.15) is 5.21 Å². The number of anilines is 1. The Morgan fingerprint density at radius 1 is 1.29 bits per heavy atom. The molecule has 2 amide bonds. The minimum Gasteiger partial charge on any atom is -0.481 e. The van der Waals surface area contributed by atoms with Crippen molar-refractivity contribution in [3.8, 4) is 0 Å². The molecule has 0 spiro atoms. The van der Waals surface area contributed by atoms with Crippen molar-refractivity contribution in [2.75, 3.05) is 5.32 Å².